The summed E-state index contributed by atoms with van der Waals surface area (Å²) in [6, 6.07) is 7.06. The Labute approximate surface area is 127 Å². The number of hydrogen-bond donors (Lipinski definition) is 1. The number of anilines is 1. The first-order valence-electron chi connectivity index (χ1n) is 7.46. The molecule has 0 aliphatic carbocycles. The molecular formula is C16H25ClN2O. The van der Waals surface area contributed by atoms with E-state index in [1.54, 1.807) is 0 Å². The summed E-state index contributed by atoms with van der Waals surface area (Å²) in [5.74, 6) is 0. The van der Waals surface area contributed by atoms with Gasteiger partial charge >= 0.3 is 0 Å². The molecule has 1 atom stereocenters. The summed E-state index contributed by atoms with van der Waals surface area (Å²) in [6.07, 6.45) is 4.00. The lowest BCUT2D eigenvalue weighted by molar-refractivity contribution is 0.0855. The second kappa shape index (κ2) is 7.30. The van der Waals surface area contributed by atoms with Crippen molar-refractivity contribution >= 4 is 17.3 Å². The standard InChI is InChI=1S/C16H25ClN2O/c1-3-13(18)10-12-4-5-16(15(17)11-12)19(2)14-6-8-20-9-7-14/h4-5,11,13-14H,3,6-10,18H2,1-2H3. The van der Waals surface area contributed by atoms with Crippen molar-refractivity contribution in [3.8, 4) is 0 Å². The van der Waals surface area contributed by atoms with Gasteiger partial charge in [0.2, 0.25) is 0 Å². The van der Waals surface area contributed by atoms with Crippen LogP contribution in [0.25, 0.3) is 0 Å². The van der Waals surface area contributed by atoms with Gasteiger partial charge in [-0.1, -0.05) is 24.6 Å². The van der Waals surface area contributed by atoms with Crippen LogP contribution in [0.1, 0.15) is 31.7 Å². The van der Waals surface area contributed by atoms with E-state index in [4.69, 9.17) is 22.1 Å². The zero-order chi connectivity index (χ0) is 14.5. The number of benzene rings is 1. The first-order chi connectivity index (χ1) is 9.61. The SMILES string of the molecule is CCC(N)Cc1ccc(N(C)C2CCOCC2)c(Cl)c1. The predicted molar refractivity (Wildman–Crippen MR) is 85.7 cm³/mol. The van der Waals surface area contributed by atoms with Crippen LogP contribution in [0.4, 0.5) is 5.69 Å². The van der Waals surface area contributed by atoms with Gasteiger partial charge in [-0.2, -0.15) is 0 Å². The molecule has 20 heavy (non-hydrogen) atoms. The molecule has 1 aliphatic heterocycles. The smallest absolute Gasteiger partial charge is 0.0642 e. The van der Waals surface area contributed by atoms with Crippen molar-refractivity contribution < 1.29 is 4.74 Å². The van der Waals surface area contributed by atoms with Crippen molar-refractivity contribution in [2.45, 2.75) is 44.7 Å². The molecule has 0 saturated carbocycles. The third kappa shape index (κ3) is 3.87. The molecule has 0 amide bonds. The lowest BCUT2D eigenvalue weighted by Crippen LogP contribution is -2.36. The van der Waals surface area contributed by atoms with Crippen LogP contribution in [0, 0.1) is 0 Å². The largest absolute Gasteiger partial charge is 0.381 e. The number of hydrogen-bond acceptors (Lipinski definition) is 3. The second-order valence-corrected chi connectivity index (χ2v) is 6.02. The van der Waals surface area contributed by atoms with Gasteiger partial charge in [0.15, 0.2) is 0 Å². The third-order valence-corrected chi connectivity index (χ3v) is 4.46. The molecule has 1 heterocycles. The molecule has 1 aromatic carbocycles. The van der Waals surface area contributed by atoms with E-state index in [1.165, 1.54) is 5.56 Å². The van der Waals surface area contributed by atoms with Gasteiger partial charge in [-0.15, -0.1) is 0 Å². The molecule has 1 saturated heterocycles. The zero-order valence-electron chi connectivity index (χ0n) is 12.4. The molecule has 0 spiro atoms. The van der Waals surface area contributed by atoms with Crippen molar-refractivity contribution in [2.24, 2.45) is 5.73 Å². The zero-order valence-corrected chi connectivity index (χ0v) is 13.2. The highest BCUT2D eigenvalue weighted by Gasteiger charge is 2.20. The van der Waals surface area contributed by atoms with Gasteiger partial charge in [0.25, 0.3) is 0 Å². The van der Waals surface area contributed by atoms with Gasteiger partial charge in [-0.25, -0.2) is 0 Å². The molecule has 1 fully saturated rings. The molecule has 1 unspecified atom stereocenters. The average Bonchev–Trinajstić information content (AvgIpc) is 2.47. The van der Waals surface area contributed by atoms with E-state index < -0.39 is 0 Å². The average molecular weight is 297 g/mol. The first-order valence-corrected chi connectivity index (χ1v) is 7.84. The van der Waals surface area contributed by atoms with Crippen molar-refractivity contribution in [3.05, 3.63) is 28.8 Å². The Hall–Kier alpha value is -0.770. The fraction of sp³-hybridized carbons (Fsp3) is 0.625. The minimum atomic E-state index is 0.213. The van der Waals surface area contributed by atoms with E-state index in [0.717, 1.165) is 49.6 Å². The highest BCUT2D eigenvalue weighted by atomic mass is 35.5. The molecule has 0 aromatic heterocycles. The van der Waals surface area contributed by atoms with Crippen LogP contribution in [-0.2, 0) is 11.2 Å². The Morgan fingerprint density at radius 2 is 2.10 bits per heavy atom. The molecule has 1 aromatic rings. The summed E-state index contributed by atoms with van der Waals surface area (Å²) in [5.41, 5.74) is 8.32. The van der Waals surface area contributed by atoms with Crippen LogP contribution in [0.3, 0.4) is 0 Å². The highest BCUT2D eigenvalue weighted by Crippen LogP contribution is 2.30. The summed E-state index contributed by atoms with van der Waals surface area (Å²) < 4.78 is 5.42. The van der Waals surface area contributed by atoms with Gasteiger partial charge in [0.1, 0.15) is 0 Å². The maximum absolute atomic E-state index is 6.46. The molecule has 112 valence electrons. The second-order valence-electron chi connectivity index (χ2n) is 5.61. The molecule has 2 N–H and O–H groups in total. The van der Waals surface area contributed by atoms with Crippen molar-refractivity contribution in [2.75, 3.05) is 25.2 Å². The van der Waals surface area contributed by atoms with Gasteiger partial charge < -0.3 is 15.4 Å². The van der Waals surface area contributed by atoms with Gasteiger partial charge in [-0.05, 0) is 43.4 Å². The number of nitrogens with two attached hydrogens (primary N) is 1. The quantitative estimate of drug-likeness (QED) is 0.906. The number of rotatable bonds is 5. The van der Waals surface area contributed by atoms with Crippen LogP contribution >= 0.6 is 11.6 Å². The molecule has 1 aliphatic rings. The van der Waals surface area contributed by atoms with E-state index >= 15 is 0 Å². The van der Waals surface area contributed by atoms with E-state index in [0.29, 0.717) is 6.04 Å². The van der Waals surface area contributed by atoms with E-state index in [2.05, 4.69) is 37.1 Å². The third-order valence-electron chi connectivity index (χ3n) is 4.15. The Kier molecular flexibility index (Phi) is 5.70. The maximum atomic E-state index is 6.46. The lowest BCUT2D eigenvalue weighted by Gasteiger charge is -2.33. The van der Waals surface area contributed by atoms with Crippen LogP contribution in [0.15, 0.2) is 18.2 Å². The minimum absolute atomic E-state index is 0.213. The van der Waals surface area contributed by atoms with E-state index in [9.17, 15) is 0 Å². The van der Waals surface area contributed by atoms with Gasteiger partial charge in [0, 0.05) is 32.3 Å². The van der Waals surface area contributed by atoms with Crippen LogP contribution < -0.4 is 10.6 Å². The van der Waals surface area contributed by atoms with Gasteiger partial charge in [-0.3, -0.25) is 0 Å². The Morgan fingerprint density at radius 1 is 1.40 bits per heavy atom. The summed E-state index contributed by atoms with van der Waals surface area (Å²) in [7, 11) is 2.12. The summed E-state index contributed by atoms with van der Waals surface area (Å²) in [5, 5.41) is 0.819. The topological polar surface area (TPSA) is 38.5 Å². The lowest BCUT2D eigenvalue weighted by atomic mass is 10.0. The fourth-order valence-electron chi connectivity index (χ4n) is 2.68. The molecular weight excluding hydrogens is 272 g/mol. The number of nitrogens with zero attached hydrogens (tertiary/aromatic N) is 1. The monoisotopic (exact) mass is 296 g/mol. The molecule has 3 nitrogen and oxygen atoms in total. The summed E-state index contributed by atoms with van der Waals surface area (Å²) >= 11 is 6.46. The van der Waals surface area contributed by atoms with Crippen LogP contribution in [0.2, 0.25) is 5.02 Å². The van der Waals surface area contributed by atoms with Crippen molar-refractivity contribution in [1.29, 1.82) is 0 Å². The van der Waals surface area contributed by atoms with Crippen molar-refractivity contribution in [1.82, 2.24) is 0 Å². The fourth-order valence-corrected chi connectivity index (χ4v) is 3.02. The van der Waals surface area contributed by atoms with Crippen LogP contribution in [-0.4, -0.2) is 32.3 Å². The summed E-state index contributed by atoms with van der Waals surface area (Å²) in [6.45, 7) is 3.80. The molecule has 0 bridgehead atoms. The normalized spacial score (nSPS) is 18.0. The Bertz CT molecular complexity index is 432. The van der Waals surface area contributed by atoms with Crippen molar-refractivity contribution in [3.63, 3.8) is 0 Å². The molecule has 4 heteroatoms. The molecule has 2 rings (SSSR count). The van der Waals surface area contributed by atoms with E-state index in [1.807, 2.05) is 0 Å². The first kappa shape index (κ1) is 15.6. The number of ether oxygens (including phenoxy) is 1. The highest BCUT2D eigenvalue weighted by molar-refractivity contribution is 6.33. The number of halogens is 1. The van der Waals surface area contributed by atoms with Gasteiger partial charge in [0.05, 0.1) is 10.7 Å². The predicted octanol–water partition coefficient (Wildman–Crippen LogP) is 3.24. The Balaban J connectivity index is 2.08. The molecule has 0 radical (unpaired) electrons. The van der Waals surface area contributed by atoms with E-state index in [-0.39, 0.29) is 6.04 Å². The maximum Gasteiger partial charge on any atom is 0.0642 e. The summed E-state index contributed by atoms with van der Waals surface area (Å²) in [4.78, 5) is 2.29. The minimum Gasteiger partial charge on any atom is -0.381 e. The van der Waals surface area contributed by atoms with Crippen LogP contribution in [0.5, 0.6) is 0 Å². The Morgan fingerprint density at radius 3 is 2.70 bits per heavy atom.